The summed E-state index contributed by atoms with van der Waals surface area (Å²) in [7, 11) is 1.67. The second-order valence-corrected chi connectivity index (χ2v) is 7.53. The molecule has 0 fully saturated rings. The van der Waals surface area contributed by atoms with E-state index < -0.39 is 0 Å². The Bertz CT molecular complexity index is 1390. The van der Waals surface area contributed by atoms with Crippen molar-refractivity contribution in [3.05, 3.63) is 96.3 Å². The van der Waals surface area contributed by atoms with Crippen LogP contribution in [0.15, 0.2) is 88.2 Å². The number of hydrogen-bond acceptors (Lipinski definition) is 7. The molecule has 0 spiro atoms. The highest BCUT2D eigenvalue weighted by Gasteiger charge is 2.19. The average Bonchev–Trinajstić information content (AvgIpc) is 3.53. The summed E-state index contributed by atoms with van der Waals surface area (Å²) in [6, 6.07) is 20.7. The molecular formula is C25H20N4O4. The summed E-state index contributed by atoms with van der Waals surface area (Å²) in [4.78, 5) is 18.4. The number of benzene rings is 2. The summed E-state index contributed by atoms with van der Waals surface area (Å²) in [6.45, 7) is 0.398. The molecule has 3 heterocycles. The molecule has 164 valence electrons. The monoisotopic (exact) mass is 440 g/mol. The Morgan fingerprint density at radius 3 is 2.70 bits per heavy atom. The first-order valence-corrected chi connectivity index (χ1v) is 10.3. The van der Waals surface area contributed by atoms with Crippen molar-refractivity contribution in [2.75, 3.05) is 7.05 Å². The molecule has 8 nitrogen and oxygen atoms in total. The minimum absolute atomic E-state index is 0.147. The number of ether oxygens (including phenoxy) is 1. The third kappa shape index (κ3) is 4.45. The van der Waals surface area contributed by atoms with Gasteiger partial charge in [-0.25, -0.2) is 0 Å². The van der Waals surface area contributed by atoms with Crippen LogP contribution in [0.1, 0.15) is 22.0 Å². The summed E-state index contributed by atoms with van der Waals surface area (Å²) in [6.07, 6.45) is 3.49. The molecule has 0 atom stereocenters. The van der Waals surface area contributed by atoms with Crippen molar-refractivity contribution in [1.82, 2.24) is 20.2 Å². The van der Waals surface area contributed by atoms with E-state index in [1.165, 1.54) is 4.90 Å². The van der Waals surface area contributed by atoms with Crippen LogP contribution in [0.5, 0.6) is 5.75 Å². The number of aromatic nitrogens is 3. The molecular weight excluding hydrogens is 420 g/mol. The number of fused-ring (bicyclic) bond motifs is 1. The van der Waals surface area contributed by atoms with Crippen LogP contribution < -0.4 is 4.74 Å². The van der Waals surface area contributed by atoms with Crippen LogP contribution in [0.4, 0.5) is 0 Å². The van der Waals surface area contributed by atoms with Gasteiger partial charge >= 0.3 is 0 Å². The largest absolute Gasteiger partial charge is 0.485 e. The van der Waals surface area contributed by atoms with Crippen molar-refractivity contribution in [3.63, 3.8) is 0 Å². The van der Waals surface area contributed by atoms with Crippen molar-refractivity contribution < 1.29 is 18.6 Å². The van der Waals surface area contributed by atoms with Gasteiger partial charge in [0.1, 0.15) is 18.1 Å². The lowest BCUT2D eigenvalue weighted by molar-refractivity contribution is 0.0761. The van der Waals surface area contributed by atoms with E-state index in [0.29, 0.717) is 17.3 Å². The van der Waals surface area contributed by atoms with Crippen molar-refractivity contribution in [1.29, 1.82) is 0 Å². The number of amides is 1. The van der Waals surface area contributed by atoms with Crippen molar-refractivity contribution in [3.8, 4) is 17.0 Å². The van der Waals surface area contributed by atoms with Gasteiger partial charge in [0.05, 0.1) is 6.54 Å². The fraction of sp³-hybridized carbons (Fsp3) is 0.120. The zero-order chi connectivity index (χ0) is 22.6. The number of nitrogens with zero attached hydrogens (tertiary/aromatic N) is 4. The van der Waals surface area contributed by atoms with E-state index in [1.54, 1.807) is 25.5 Å². The molecule has 33 heavy (non-hydrogen) atoms. The van der Waals surface area contributed by atoms with Gasteiger partial charge < -0.3 is 18.7 Å². The molecule has 0 saturated heterocycles. The topological polar surface area (TPSA) is 94.5 Å². The fourth-order valence-electron chi connectivity index (χ4n) is 3.48. The highest BCUT2D eigenvalue weighted by molar-refractivity contribution is 5.92. The molecule has 2 aromatic carbocycles. The molecule has 3 aromatic heterocycles. The van der Waals surface area contributed by atoms with Crippen LogP contribution in [-0.2, 0) is 13.2 Å². The van der Waals surface area contributed by atoms with Gasteiger partial charge in [0, 0.05) is 47.9 Å². The Balaban J connectivity index is 1.22. The summed E-state index contributed by atoms with van der Waals surface area (Å²) < 4.78 is 16.6. The van der Waals surface area contributed by atoms with E-state index in [0.717, 1.165) is 22.0 Å². The van der Waals surface area contributed by atoms with Crippen LogP contribution in [0, 0.1) is 0 Å². The van der Waals surface area contributed by atoms with Crippen LogP contribution in [-0.4, -0.2) is 33.2 Å². The first-order chi connectivity index (χ1) is 16.2. The van der Waals surface area contributed by atoms with E-state index in [9.17, 15) is 4.79 Å². The Morgan fingerprint density at radius 2 is 1.82 bits per heavy atom. The van der Waals surface area contributed by atoms with Gasteiger partial charge in [-0.3, -0.25) is 9.78 Å². The molecule has 0 aliphatic carbocycles. The highest BCUT2D eigenvalue weighted by Crippen LogP contribution is 2.25. The van der Waals surface area contributed by atoms with E-state index in [1.807, 2.05) is 60.7 Å². The molecule has 1 amide bonds. The lowest BCUT2D eigenvalue weighted by Crippen LogP contribution is -2.26. The van der Waals surface area contributed by atoms with Gasteiger partial charge in [-0.1, -0.05) is 52.8 Å². The Morgan fingerprint density at radius 1 is 0.970 bits per heavy atom. The summed E-state index contributed by atoms with van der Waals surface area (Å²) in [5, 5.41) is 9.92. The number of pyridine rings is 1. The smallest absolute Gasteiger partial charge is 0.276 e. The standard InChI is InChI=1S/C25H20N4O4/c1-29(15-19-12-22(27-32-19)17-6-3-2-4-7-17)25(30)23-13-20(33-28-23)16-31-24-9-5-8-18-14-26-11-10-21(18)24/h2-14H,15-16H2,1H3. The van der Waals surface area contributed by atoms with Gasteiger partial charge in [0.15, 0.2) is 17.2 Å². The Hall–Kier alpha value is -4.46. The zero-order valence-electron chi connectivity index (χ0n) is 17.8. The number of carbonyl (C=O) groups excluding carboxylic acids is 1. The van der Waals surface area contributed by atoms with Gasteiger partial charge in [-0.05, 0) is 12.1 Å². The van der Waals surface area contributed by atoms with Crippen molar-refractivity contribution in [2.45, 2.75) is 13.2 Å². The third-order valence-electron chi connectivity index (χ3n) is 5.16. The SMILES string of the molecule is CN(Cc1cc(-c2ccccc2)no1)C(=O)c1cc(COc2cccc3cnccc23)on1. The van der Waals surface area contributed by atoms with Crippen LogP contribution >= 0.6 is 0 Å². The quantitative estimate of drug-likeness (QED) is 0.361. The van der Waals surface area contributed by atoms with Crippen molar-refractivity contribution >= 4 is 16.7 Å². The molecule has 5 aromatic rings. The zero-order valence-corrected chi connectivity index (χ0v) is 17.8. The van der Waals surface area contributed by atoms with E-state index in [-0.39, 0.29) is 24.8 Å². The first-order valence-electron chi connectivity index (χ1n) is 10.3. The predicted molar refractivity (Wildman–Crippen MR) is 120 cm³/mol. The Kier molecular flexibility index (Phi) is 5.55. The van der Waals surface area contributed by atoms with E-state index in [4.69, 9.17) is 13.8 Å². The fourth-order valence-corrected chi connectivity index (χ4v) is 3.48. The molecule has 0 aliphatic heterocycles. The van der Waals surface area contributed by atoms with Crippen molar-refractivity contribution in [2.24, 2.45) is 0 Å². The maximum atomic E-state index is 12.8. The molecule has 0 unspecified atom stereocenters. The highest BCUT2D eigenvalue weighted by atomic mass is 16.5. The lowest BCUT2D eigenvalue weighted by Gasteiger charge is -2.12. The summed E-state index contributed by atoms with van der Waals surface area (Å²) in [5.41, 5.74) is 1.86. The van der Waals surface area contributed by atoms with Gasteiger partial charge in [-0.15, -0.1) is 0 Å². The molecule has 0 aliphatic rings. The number of rotatable bonds is 7. The second-order valence-electron chi connectivity index (χ2n) is 7.53. The minimum Gasteiger partial charge on any atom is -0.485 e. The lowest BCUT2D eigenvalue weighted by atomic mass is 10.1. The average molecular weight is 440 g/mol. The van der Waals surface area contributed by atoms with Crippen LogP contribution in [0.3, 0.4) is 0 Å². The van der Waals surface area contributed by atoms with Gasteiger partial charge in [0.25, 0.3) is 5.91 Å². The molecule has 5 rings (SSSR count). The molecule has 0 saturated carbocycles. The molecule has 0 N–H and O–H groups in total. The number of carbonyl (C=O) groups is 1. The van der Waals surface area contributed by atoms with Crippen LogP contribution in [0.2, 0.25) is 0 Å². The maximum Gasteiger partial charge on any atom is 0.276 e. The van der Waals surface area contributed by atoms with Crippen LogP contribution in [0.25, 0.3) is 22.0 Å². The summed E-state index contributed by atoms with van der Waals surface area (Å²) >= 11 is 0. The summed E-state index contributed by atoms with van der Waals surface area (Å²) in [5.74, 6) is 1.43. The normalized spacial score (nSPS) is 10.9. The second kappa shape index (κ2) is 8.96. The third-order valence-corrected chi connectivity index (χ3v) is 5.16. The predicted octanol–water partition coefficient (Wildman–Crippen LogP) is 4.73. The molecule has 0 radical (unpaired) electrons. The maximum absolute atomic E-state index is 12.8. The van der Waals surface area contributed by atoms with Gasteiger partial charge in [-0.2, -0.15) is 0 Å². The van der Waals surface area contributed by atoms with E-state index >= 15 is 0 Å². The Labute approximate surface area is 189 Å². The first kappa shape index (κ1) is 20.4. The number of hydrogen-bond donors (Lipinski definition) is 0. The minimum atomic E-state index is -0.293. The molecule has 8 heteroatoms. The van der Waals surface area contributed by atoms with E-state index in [2.05, 4.69) is 15.3 Å². The van der Waals surface area contributed by atoms with Gasteiger partial charge in [0.2, 0.25) is 0 Å². The molecule has 0 bridgehead atoms.